The van der Waals surface area contributed by atoms with Gasteiger partial charge in [-0.2, -0.15) is 4.98 Å². The molecule has 0 amide bonds. The van der Waals surface area contributed by atoms with Crippen LogP contribution in [0.1, 0.15) is 10.6 Å². The van der Waals surface area contributed by atoms with Gasteiger partial charge in [-0.1, -0.05) is 0 Å². The molecule has 2 heterocycles. The molecule has 7 nitrogen and oxygen atoms in total. The van der Waals surface area contributed by atoms with E-state index in [0.29, 0.717) is 32.3 Å². The lowest BCUT2D eigenvalue weighted by Gasteiger charge is -2.25. The van der Waals surface area contributed by atoms with Crippen LogP contribution in [0.4, 0.5) is 5.95 Å². The van der Waals surface area contributed by atoms with Gasteiger partial charge >= 0.3 is 5.97 Å². The highest BCUT2D eigenvalue weighted by atomic mass is 16.5. The van der Waals surface area contributed by atoms with E-state index in [4.69, 9.17) is 9.84 Å². The van der Waals surface area contributed by atoms with Crippen LogP contribution in [0.5, 0.6) is 0 Å². The summed E-state index contributed by atoms with van der Waals surface area (Å²) in [7, 11) is 0. The number of aromatic nitrogens is 3. The van der Waals surface area contributed by atoms with E-state index in [1.54, 1.807) is 0 Å². The summed E-state index contributed by atoms with van der Waals surface area (Å²) in [5.74, 6) is -0.811. The lowest BCUT2D eigenvalue weighted by Crippen LogP contribution is -2.36. The van der Waals surface area contributed by atoms with Crippen LogP contribution in [0.25, 0.3) is 0 Å². The maximum absolute atomic E-state index is 10.5. The molecule has 1 aromatic heterocycles. The van der Waals surface area contributed by atoms with Crippen molar-refractivity contribution in [1.82, 2.24) is 15.2 Å². The van der Waals surface area contributed by atoms with Gasteiger partial charge in [-0.15, -0.1) is 5.10 Å². The largest absolute Gasteiger partial charge is 0.475 e. The van der Waals surface area contributed by atoms with E-state index in [2.05, 4.69) is 15.2 Å². The van der Waals surface area contributed by atoms with Crippen molar-refractivity contribution in [2.75, 3.05) is 31.2 Å². The van der Waals surface area contributed by atoms with Crippen molar-refractivity contribution in [3.8, 4) is 0 Å². The first-order valence-electron chi connectivity index (χ1n) is 4.26. The molecular formula is C7H10N4O3. The summed E-state index contributed by atoms with van der Waals surface area (Å²) in [6, 6.07) is 0. The minimum Gasteiger partial charge on any atom is -0.475 e. The van der Waals surface area contributed by atoms with Crippen molar-refractivity contribution in [2.24, 2.45) is 0 Å². The number of anilines is 1. The summed E-state index contributed by atoms with van der Waals surface area (Å²) >= 11 is 0. The number of hydrogen-bond donors (Lipinski definition) is 2. The molecule has 1 saturated heterocycles. The average Bonchev–Trinajstić information content (AvgIpc) is 2.68. The molecule has 1 aliphatic rings. The normalized spacial score (nSPS) is 17.0. The van der Waals surface area contributed by atoms with Gasteiger partial charge in [0.05, 0.1) is 13.2 Å². The third-order valence-corrected chi connectivity index (χ3v) is 1.97. The van der Waals surface area contributed by atoms with E-state index in [1.807, 2.05) is 4.90 Å². The van der Waals surface area contributed by atoms with Crippen LogP contribution in [-0.4, -0.2) is 52.6 Å². The Morgan fingerprint density at radius 1 is 1.50 bits per heavy atom. The molecule has 1 aliphatic heterocycles. The zero-order chi connectivity index (χ0) is 9.97. The maximum Gasteiger partial charge on any atom is 0.373 e. The van der Waals surface area contributed by atoms with Crippen molar-refractivity contribution >= 4 is 11.9 Å². The van der Waals surface area contributed by atoms with Crippen molar-refractivity contribution in [2.45, 2.75) is 0 Å². The lowest BCUT2D eigenvalue weighted by molar-refractivity contribution is 0.0684. The van der Waals surface area contributed by atoms with E-state index in [1.165, 1.54) is 0 Å². The Morgan fingerprint density at radius 3 is 2.79 bits per heavy atom. The number of ether oxygens (including phenoxy) is 1. The number of nitrogens with one attached hydrogen (secondary N) is 1. The fourth-order valence-corrected chi connectivity index (χ4v) is 1.25. The van der Waals surface area contributed by atoms with Crippen LogP contribution in [0, 0.1) is 0 Å². The van der Waals surface area contributed by atoms with Gasteiger partial charge in [-0.25, -0.2) is 4.79 Å². The van der Waals surface area contributed by atoms with Crippen LogP contribution in [0.3, 0.4) is 0 Å². The lowest BCUT2D eigenvalue weighted by atomic mass is 10.4. The highest BCUT2D eigenvalue weighted by molar-refractivity contribution is 5.83. The van der Waals surface area contributed by atoms with Crippen LogP contribution in [0.2, 0.25) is 0 Å². The predicted octanol–water partition coefficient (Wildman–Crippen LogP) is -0.661. The van der Waals surface area contributed by atoms with E-state index in [0.717, 1.165) is 0 Å². The van der Waals surface area contributed by atoms with Crippen molar-refractivity contribution < 1.29 is 14.6 Å². The number of carboxylic acid groups (broad SMARTS) is 1. The summed E-state index contributed by atoms with van der Waals surface area (Å²) in [5.41, 5.74) is 0. The molecule has 0 atom stereocenters. The Bertz CT molecular complexity index is 331. The first kappa shape index (κ1) is 8.95. The molecule has 0 spiro atoms. The summed E-state index contributed by atoms with van der Waals surface area (Å²) in [6.07, 6.45) is 0. The Labute approximate surface area is 79.7 Å². The van der Waals surface area contributed by atoms with Gasteiger partial charge in [-0.05, 0) is 0 Å². The van der Waals surface area contributed by atoms with Crippen LogP contribution in [0.15, 0.2) is 0 Å². The second kappa shape index (κ2) is 3.62. The number of aromatic amines is 1. The molecule has 14 heavy (non-hydrogen) atoms. The first-order chi connectivity index (χ1) is 6.77. The van der Waals surface area contributed by atoms with Gasteiger partial charge in [0.1, 0.15) is 0 Å². The Hall–Kier alpha value is -1.63. The zero-order valence-electron chi connectivity index (χ0n) is 7.43. The minimum atomic E-state index is -1.10. The smallest absolute Gasteiger partial charge is 0.373 e. The molecule has 0 aliphatic carbocycles. The SMILES string of the molecule is O=C(O)c1nc(N2CCOCC2)n[nH]1. The Balaban J connectivity index is 2.11. The molecule has 76 valence electrons. The standard InChI is InChI=1S/C7H10N4O3/c12-6(13)5-8-7(10-9-5)11-1-3-14-4-2-11/h1-4H2,(H,12,13)(H,8,9,10). The molecule has 2 N–H and O–H groups in total. The van der Waals surface area contributed by atoms with Crippen molar-refractivity contribution in [3.05, 3.63) is 5.82 Å². The molecule has 0 unspecified atom stereocenters. The highest BCUT2D eigenvalue weighted by Crippen LogP contribution is 2.08. The number of carbonyl (C=O) groups is 1. The summed E-state index contributed by atoms with van der Waals surface area (Å²) in [5, 5.41) is 14.8. The number of rotatable bonds is 2. The number of carboxylic acids is 1. The maximum atomic E-state index is 10.5. The molecular weight excluding hydrogens is 188 g/mol. The first-order valence-corrected chi connectivity index (χ1v) is 4.26. The minimum absolute atomic E-state index is 0.133. The molecule has 0 saturated carbocycles. The molecule has 0 bridgehead atoms. The molecule has 2 rings (SSSR count). The Kier molecular flexibility index (Phi) is 2.32. The van der Waals surface area contributed by atoms with E-state index in [9.17, 15) is 4.79 Å². The topological polar surface area (TPSA) is 91.3 Å². The van der Waals surface area contributed by atoms with E-state index >= 15 is 0 Å². The molecule has 0 radical (unpaired) electrons. The second-order valence-electron chi connectivity index (χ2n) is 2.89. The number of morpholine rings is 1. The number of aromatic carboxylic acids is 1. The van der Waals surface area contributed by atoms with Gasteiger partial charge in [0.25, 0.3) is 0 Å². The van der Waals surface area contributed by atoms with E-state index in [-0.39, 0.29) is 5.82 Å². The second-order valence-corrected chi connectivity index (χ2v) is 2.89. The summed E-state index contributed by atoms with van der Waals surface area (Å²) < 4.78 is 5.15. The van der Waals surface area contributed by atoms with E-state index < -0.39 is 5.97 Å². The predicted molar refractivity (Wildman–Crippen MR) is 46.4 cm³/mol. The molecule has 7 heteroatoms. The molecule has 1 aromatic rings. The van der Waals surface area contributed by atoms with Gasteiger partial charge in [0, 0.05) is 13.1 Å². The van der Waals surface area contributed by atoms with Crippen LogP contribution >= 0.6 is 0 Å². The average molecular weight is 198 g/mol. The monoisotopic (exact) mass is 198 g/mol. The molecule has 0 aromatic carbocycles. The van der Waals surface area contributed by atoms with Gasteiger partial charge in [-0.3, -0.25) is 5.10 Å². The van der Waals surface area contributed by atoms with Crippen molar-refractivity contribution in [1.29, 1.82) is 0 Å². The fraction of sp³-hybridized carbons (Fsp3) is 0.571. The van der Waals surface area contributed by atoms with Gasteiger partial charge < -0.3 is 14.7 Å². The van der Waals surface area contributed by atoms with Gasteiger partial charge in [0.2, 0.25) is 11.8 Å². The Morgan fingerprint density at radius 2 is 2.21 bits per heavy atom. The summed E-state index contributed by atoms with van der Waals surface area (Å²) in [6.45, 7) is 2.63. The number of hydrogen-bond acceptors (Lipinski definition) is 5. The fourth-order valence-electron chi connectivity index (χ4n) is 1.25. The highest BCUT2D eigenvalue weighted by Gasteiger charge is 2.17. The number of H-pyrrole nitrogens is 1. The summed E-state index contributed by atoms with van der Waals surface area (Å²) in [4.78, 5) is 16.2. The third-order valence-electron chi connectivity index (χ3n) is 1.97. The van der Waals surface area contributed by atoms with Crippen molar-refractivity contribution in [3.63, 3.8) is 0 Å². The zero-order valence-corrected chi connectivity index (χ0v) is 7.43. The van der Waals surface area contributed by atoms with Crippen LogP contribution in [-0.2, 0) is 4.74 Å². The quantitative estimate of drug-likeness (QED) is 0.655. The third kappa shape index (κ3) is 1.67. The molecule has 1 fully saturated rings. The number of nitrogens with zero attached hydrogens (tertiary/aromatic N) is 3. The van der Waals surface area contributed by atoms with Crippen LogP contribution < -0.4 is 4.90 Å². The van der Waals surface area contributed by atoms with Gasteiger partial charge in [0.15, 0.2) is 0 Å².